The molecule has 4 saturated carbocycles. The summed E-state index contributed by atoms with van der Waals surface area (Å²) in [5.74, 6) is 2.48. The molecular weight excluding hydrogens is 300 g/mol. The van der Waals surface area contributed by atoms with E-state index in [-0.39, 0.29) is 34.6 Å². The Morgan fingerprint density at radius 2 is 1.83 bits per heavy atom. The monoisotopic (exact) mass is 332 g/mol. The molecule has 8 atom stereocenters. The highest BCUT2D eigenvalue weighted by atomic mass is 16.3. The lowest BCUT2D eigenvalue weighted by Gasteiger charge is -2.59. The third-order valence-corrected chi connectivity index (χ3v) is 8.81. The zero-order valence-corrected chi connectivity index (χ0v) is 15.4. The van der Waals surface area contributed by atoms with Gasteiger partial charge in [0.05, 0.1) is 6.10 Å². The Hall–Kier alpha value is -0.700. The van der Waals surface area contributed by atoms with Gasteiger partial charge in [-0.25, -0.2) is 0 Å². The van der Waals surface area contributed by atoms with Crippen LogP contribution in [0.3, 0.4) is 0 Å². The van der Waals surface area contributed by atoms with Crippen LogP contribution < -0.4 is 0 Å². The van der Waals surface area contributed by atoms with Crippen LogP contribution in [0, 0.1) is 40.4 Å². The van der Waals surface area contributed by atoms with Crippen molar-refractivity contribution in [2.24, 2.45) is 40.4 Å². The van der Waals surface area contributed by atoms with Gasteiger partial charge in [-0.15, -0.1) is 0 Å². The van der Waals surface area contributed by atoms with Crippen LogP contribution in [0.1, 0.15) is 72.1 Å². The van der Waals surface area contributed by atoms with Crippen LogP contribution >= 0.6 is 0 Å². The molecule has 24 heavy (non-hydrogen) atoms. The molecule has 0 spiro atoms. The van der Waals surface area contributed by atoms with E-state index in [0.717, 1.165) is 44.9 Å². The summed E-state index contributed by atoms with van der Waals surface area (Å²) in [5, 5.41) is 10.1. The Labute approximate surface area is 145 Å². The minimum absolute atomic E-state index is 0.0782. The molecular formula is C21H32O3. The van der Waals surface area contributed by atoms with Crippen LogP contribution in [0.4, 0.5) is 0 Å². The standard InChI is InChI=1S/C21H32O3/c1-12(22)16-6-7-17-15-5-4-13-10-14(23)8-9-20(13,2)19(15)18(24)11-21(16,17)3/h13-17,19,23H,4-11H2,1-3H3/t13-,14+,15+,16-,17-,19+,20+,21-/m1/s1. The van der Waals surface area contributed by atoms with Crippen molar-refractivity contribution in [2.75, 3.05) is 0 Å². The van der Waals surface area contributed by atoms with Gasteiger partial charge in [0.15, 0.2) is 0 Å². The molecule has 0 saturated heterocycles. The fraction of sp³-hybridized carbons (Fsp3) is 0.905. The SMILES string of the molecule is CC(=O)[C@H]1CC[C@@H]2[C@@H]3CC[C@@H]4C[C@@H](O)CC[C@]4(C)[C@@H]3C(=O)C[C@]12C. The highest BCUT2D eigenvalue weighted by molar-refractivity contribution is 5.87. The van der Waals surface area contributed by atoms with Gasteiger partial charge in [-0.2, -0.15) is 0 Å². The first-order valence-electron chi connectivity index (χ1n) is 9.98. The highest BCUT2D eigenvalue weighted by Crippen LogP contribution is 2.66. The summed E-state index contributed by atoms with van der Waals surface area (Å²) < 4.78 is 0. The number of hydrogen-bond acceptors (Lipinski definition) is 3. The number of Topliss-reactive ketones (excluding diaryl/α,β-unsaturated/α-hetero) is 2. The van der Waals surface area contributed by atoms with Gasteiger partial charge in [0.2, 0.25) is 0 Å². The molecule has 0 heterocycles. The second-order valence-corrected chi connectivity index (χ2v) is 9.85. The van der Waals surface area contributed by atoms with Crippen molar-refractivity contribution in [3.63, 3.8) is 0 Å². The van der Waals surface area contributed by atoms with E-state index in [9.17, 15) is 14.7 Å². The van der Waals surface area contributed by atoms with Crippen molar-refractivity contribution < 1.29 is 14.7 Å². The molecule has 1 N–H and O–H groups in total. The number of carbonyl (C=O) groups excluding carboxylic acids is 2. The van der Waals surface area contributed by atoms with Crippen LogP contribution in [-0.2, 0) is 9.59 Å². The Balaban J connectivity index is 1.68. The smallest absolute Gasteiger partial charge is 0.137 e. The molecule has 0 amide bonds. The van der Waals surface area contributed by atoms with E-state index < -0.39 is 0 Å². The fourth-order valence-electron chi connectivity index (χ4n) is 7.72. The van der Waals surface area contributed by atoms with Gasteiger partial charge in [-0.05, 0) is 80.5 Å². The summed E-state index contributed by atoms with van der Waals surface area (Å²) in [6.07, 6.45) is 7.53. The van der Waals surface area contributed by atoms with E-state index in [4.69, 9.17) is 0 Å². The first kappa shape index (κ1) is 16.8. The van der Waals surface area contributed by atoms with Crippen LogP contribution in [0.2, 0.25) is 0 Å². The van der Waals surface area contributed by atoms with Crippen molar-refractivity contribution in [2.45, 2.75) is 78.2 Å². The minimum Gasteiger partial charge on any atom is -0.393 e. The molecule has 0 aromatic heterocycles. The van der Waals surface area contributed by atoms with Crippen molar-refractivity contribution in [3.8, 4) is 0 Å². The fourth-order valence-corrected chi connectivity index (χ4v) is 7.72. The lowest BCUT2D eigenvalue weighted by molar-refractivity contribution is -0.162. The number of aliphatic hydroxyl groups is 1. The van der Waals surface area contributed by atoms with E-state index in [0.29, 0.717) is 30.0 Å². The number of carbonyl (C=O) groups is 2. The molecule has 4 fully saturated rings. The second-order valence-electron chi connectivity index (χ2n) is 9.85. The number of hydrogen-bond donors (Lipinski definition) is 1. The maximum absolute atomic E-state index is 13.3. The second kappa shape index (κ2) is 5.40. The van der Waals surface area contributed by atoms with Gasteiger partial charge in [-0.1, -0.05) is 13.8 Å². The Bertz CT molecular complexity index is 569. The minimum atomic E-state index is -0.169. The summed E-state index contributed by atoms with van der Waals surface area (Å²) in [5.41, 5.74) is -0.0175. The molecule has 0 aromatic carbocycles. The average molecular weight is 332 g/mol. The largest absolute Gasteiger partial charge is 0.393 e. The van der Waals surface area contributed by atoms with Gasteiger partial charge in [0, 0.05) is 18.3 Å². The van der Waals surface area contributed by atoms with Crippen LogP contribution in [0.25, 0.3) is 0 Å². The Kier molecular flexibility index (Phi) is 3.77. The summed E-state index contributed by atoms with van der Waals surface area (Å²) in [6, 6.07) is 0. The molecule has 4 aliphatic rings. The Morgan fingerprint density at radius 3 is 2.54 bits per heavy atom. The predicted molar refractivity (Wildman–Crippen MR) is 92.3 cm³/mol. The summed E-state index contributed by atoms with van der Waals surface area (Å²) in [4.78, 5) is 25.5. The summed E-state index contributed by atoms with van der Waals surface area (Å²) in [7, 11) is 0. The van der Waals surface area contributed by atoms with Crippen molar-refractivity contribution in [1.82, 2.24) is 0 Å². The molecule has 4 aliphatic carbocycles. The average Bonchev–Trinajstić information content (AvgIpc) is 2.84. The van der Waals surface area contributed by atoms with E-state index in [1.54, 1.807) is 6.92 Å². The van der Waals surface area contributed by atoms with Crippen molar-refractivity contribution in [1.29, 1.82) is 0 Å². The molecule has 0 bridgehead atoms. The van der Waals surface area contributed by atoms with Gasteiger partial charge in [-0.3, -0.25) is 9.59 Å². The molecule has 3 nitrogen and oxygen atoms in total. The molecule has 3 heteroatoms. The molecule has 4 rings (SSSR count). The van der Waals surface area contributed by atoms with E-state index in [1.807, 2.05) is 0 Å². The maximum Gasteiger partial charge on any atom is 0.137 e. The zero-order chi connectivity index (χ0) is 17.3. The lowest BCUT2D eigenvalue weighted by atomic mass is 9.44. The first-order valence-corrected chi connectivity index (χ1v) is 9.98. The van der Waals surface area contributed by atoms with Crippen molar-refractivity contribution >= 4 is 11.6 Å². The van der Waals surface area contributed by atoms with E-state index in [2.05, 4.69) is 13.8 Å². The van der Waals surface area contributed by atoms with E-state index >= 15 is 0 Å². The quantitative estimate of drug-likeness (QED) is 0.795. The van der Waals surface area contributed by atoms with Gasteiger partial charge < -0.3 is 5.11 Å². The number of ketones is 2. The van der Waals surface area contributed by atoms with Gasteiger partial charge >= 0.3 is 0 Å². The number of rotatable bonds is 1. The predicted octanol–water partition coefficient (Wildman–Crippen LogP) is 3.77. The molecule has 134 valence electrons. The van der Waals surface area contributed by atoms with Gasteiger partial charge in [0.25, 0.3) is 0 Å². The van der Waals surface area contributed by atoms with Crippen LogP contribution in [0.15, 0.2) is 0 Å². The Morgan fingerprint density at radius 1 is 1.08 bits per heavy atom. The van der Waals surface area contributed by atoms with E-state index in [1.165, 1.54) is 0 Å². The number of aliphatic hydroxyl groups excluding tert-OH is 1. The molecule has 0 aliphatic heterocycles. The van der Waals surface area contributed by atoms with Crippen molar-refractivity contribution in [3.05, 3.63) is 0 Å². The summed E-state index contributed by atoms with van der Waals surface area (Å²) in [6.45, 7) is 6.28. The van der Waals surface area contributed by atoms with Gasteiger partial charge in [0.1, 0.15) is 11.6 Å². The third-order valence-electron chi connectivity index (χ3n) is 8.81. The number of fused-ring (bicyclic) bond motifs is 5. The molecule has 0 unspecified atom stereocenters. The highest BCUT2D eigenvalue weighted by Gasteiger charge is 2.63. The zero-order valence-electron chi connectivity index (χ0n) is 15.4. The third kappa shape index (κ3) is 2.12. The molecule has 0 radical (unpaired) electrons. The topological polar surface area (TPSA) is 54.4 Å². The first-order chi connectivity index (χ1) is 11.3. The molecule has 0 aromatic rings. The van der Waals surface area contributed by atoms with Crippen LogP contribution in [0.5, 0.6) is 0 Å². The normalized spacial score (nSPS) is 53.9. The lowest BCUT2D eigenvalue weighted by Crippen LogP contribution is -2.58. The van der Waals surface area contributed by atoms with Crippen LogP contribution in [-0.4, -0.2) is 22.8 Å². The maximum atomic E-state index is 13.3. The summed E-state index contributed by atoms with van der Waals surface area (Å²) >= 11 is 0.